The lowest BCUT2D eigenvalue weighted by Crippen LogP contribution is -2.43. The van der Waals surface area contributed by atoms with Crippen molar-refractivity contribution in [1.82, 2.24) is 10.2 Å². The second-order valence-corrected chi connectivity index (χ2v) is 7.40. The summed E-state index contributed by atoms with van der Waals surface area (Å²) in [6, 6.07) is 10.2. The number of carbonyl (C=O) groups excluding carboxylic acids is 1. The van der Waals surface area contributed by atoms with Crippen LogP contribution in [0.15, 0.2) is 41.8 Å². The number of likely N-dealkylation sites (tertiary alicyclic amines) is 1. The van der Waals surface area contributed by atoms with Crippen molar-refractivity contribution in [3.8, 4) is 5.75 Å². The molecule has 1 aliphatic heterocycles. The van der Waals surface area contributed by atoms with E-state index < -0.39 is 0 Å². The summed E-state index contributed by atoms with van der Waals surface area (Å²) < 4.78 is 18.9. The molecule has 0 radical (unpaired) electrons. The van der Waals surface area contributed by atoms with E-state index in [1.54, 1.807) is 23.5 Å². The van der Waals surface area contributed by atoms with E-state index in [1.165, 1.54) is 12.1 Å². The van der Waals surface area contributed by atoms with Crippen LogP contribution in [0.3, 0.4) is 0 Å². The largest absolute Gasteiger partial charge is 0.493 e. The van der Waals surface area contributed by atoms with E-state index in [0.717, 1.165) is 30.8 Å². The van der Waals surface area contributed by atoms with Gasteiger partial charge in [-0.2, -0.15) is 0 Å². The summed E-state index contributed by atoms with van der Waals surface area (Å²) in [5, 5.41) is 4.98. The van der Waals surface area contributed by atoms with Crippen molar-refractivity contribution in [3.63, 3.8) is 0 Å². The Morgan fingerprint density at radius 3 is 3.08 bits per heavy atom. The molecule has 4 nitrogen and oxygen atoms in total. The Balaban J connectivity index is 1.40. The zero-order valence-corrected chi connectivity index (χ0v) is 14.9. The number of rotatable bonds is 7. The zero-order valence-electron chi connectivity index (χ0n) is 14.1. The van der Waals surface area contributed by atoms with Gasteiger partial charge in [-0.25, -0.2) is 4.39 Å². The molecule has 25 heavy (non-hydrogen) atoms. The average Bonchev–Trinajstić information content (AvgIpc) is 3.12. The third-order valence-electron chi connectivity index (χ3n) is 4.29. The second kappa shape index (κ2) is 8.97. The molecule has 2 heterocycles. The van der Waals surface area contributed by atoms with Crippen molar-refractivity contribution in [1.29, 1.82) is 0 Å². The van der Waals surface area contributed by atoms with Crippen LogP contribution in [0, 0.1) is 11.7 Å². The maximum atomic E-state index is 13.2. The Morgan fingerprint density at radius 1 is 1.36 bits per heavy atom. The van der Waals surface area contributed by atoms with Gasteiger partial charge in [-0.1, -0.05) is 12.1 Å². The van der Waals surface area contributed by atoms with Crippen LogP contribution in [-0.2, 0) is 11.3 Å². The van der Waals surface area contributed by atoms with Crippen LogP contribution in [0.5, 0.6) is 5.75 Å². The van der Waals surface area contributed by atoms with E-state index >= 15 is 0 Å². The Morgan fingerprint density at radius 2 is 2.28 bits per heavy atom. The highest BCUT2D eigenvalue weighted by atomic mass is 32.1. The van der Waals surface area contributed by atoms with Crippen LogP contribution in [0.25, 0.3) is 0 Å². The number of halogens is 1. The van der Waals surface area contributed by atoms with Crippen LogP contribution >= 0.6 is 11.3 Å². The van der Waals surface area contributed by atoms with Crippen LogP contribution in [0.4, 0.5) is 4.39 Å². The molecule has 2 aromatic rings. The molecule has 1 aliphatic rings. The van der Waals surface area contributed by atoms with Gasteiger partial charge in [-0.05, 0) is 43.0 Å². The molecule has 1 saturated heterocycles. The van der Waals surface area contributed by atoms with Gasteiger partial charge in [0.15, 0.2) is 0 Å². The summed E-state index contributed by atoms with van der Waals surface area (Å²) in [5.74, 6) is 0.693. The molecule has 0 aliphatic carbocycles. The van der Waals surface area contributed by atoms with Crippen LogP contribution in [0.1, 0.15) is 17.7 Å². The van der Waals surface area contributed by atoms with Crippen LogP contribution in [-0.4, -0.2) is 37.0 Å². The van der Waals surface area contributed by atoms with Crippen molar-refractivity contribution in [2.75, 3.05) is 26.2 Å². The summed E-state index contributed by atoms with van der Waals surface area (Å²) >= 11 is 1.65. The first kappa shape index (κ1) is 17.9. The first-order valence-corrected chi connectivity index (χ1v) is 9.47. The standard InChI is InChI=1S/C19H23FN2O2S/c20-16-5-1-6-17(10-16)24-14-15-4-2-8-22(12-15)13-19(23)21-11-18-7-3-9-25-18/h1,3,5-7,9-10,15H,2,4,8,11-14H2,(H,21,23)/t15-/m1/s1. The minimum absolute atomic E-state index is 0.0556. The molecule has 1 fully saturated rings. The number of benzene rings is 1. The first-order valence-electron chi connectivity index (χ1n) is 8.59. The molecular formula is C19H23FN2O2S. The third kappa shape index (κ3) is 5.83. The van der Waals surface area contributed by atoms with E-state index in [9.17, 15) is 9.18 Å². The Kier molecular flexibility index (Phi) is 6.42. The number of ether oxygens (including phenoxy) is 1. The number of amides is 1. The van der Waals surface area contributed by atoms with E-state index in [1.807, 2.05) is 17.5 Å². The van der Waals surface area contributed by atoms with Gasteiger partial charge in [0.1, 0.15) is 11.6 Å². The molecule has 0 unspecified atom stereocenters. The maximum absolute atomic E-state index is 13.2. The van der Waals surface area contributed by atoms with Gasteiger partial charge in [0, 0.05) is 23.4 Å². The summed E-state index contributed by atoms with van der Waals surface area (Å²) in [6.45, 7) is 3.33. The summed E-state index contributed by atoms with van der Waals surface area (Å²) in [4.78, 5) is 15.4. The van der Waals surface area contributed by atoms with Gasteiger partial charge in [-0.15, -0.1) is 11.3 Å². The second-order valence-electron chi connectivity index (χ2n) is 6.37. The van der Waals surface area contributed by atoms with Crippen molar-refractivity contribution in [2.45, 2.75) is 19.4 Å². The summed E-state index contributed by atoms with van der Waals surface area (Å²) in [6.07, 6.45) is 2.12. The molecule has 0 spiro atoms. The van der Waals surface area contributed by atoms with E-state index in [0.29, 0.717) is 31.4 Å². The van der Waals surface area contributed by atoms with Gasteiger partial charge in [0.05, 0.1) is 19.7 Å². The monoisotopic (exact) mass is 362 g/mol. The smallest absolute Gasteiger partial charge is 0.234 e. The van der Waals surface area contributed by atoms with Gasteiger partial charge >= 0.3 is 0 Å². The fourth-order valence-electron chi connectivity index (χ4n) is 3.06. The zero-order chi connectivity index (χ0) is 17.5. The normalized spacial score (nSPS) is 18.0. The quantitative estimate of drug-likeness (QED) is 0.822. The predicted molar refractivity (Wildman–Crippen MR) is 97.2 cm³/mol. The van der Waals surface area contributed by atoms with Crippen LogP contribution in [0.2, 0.25) is 0 Å². The number of carbonyl (C=O) groups is 1. The molecule has 1 aromatic heterocycles. The fourth-order valence-corrected chi connectivity index (χ4v) is 3.70. The molecule has 0 bridgehead atoms. The highest BCUT2D eigenvalue weighted by molar-refractivity contribution is 7.09. The lowest BCUT2D eigenvalue weighted by atomic mass is 9.99. The van der Waals surface area contributed by atoms with Gasteiger partial charge in [-0.3, -0.25) is 9.69 Å². The van der Waals surface area contributed by atoms with Crippen molar-refractivity contribution >= 4 is 17.2 Å². The Hall–Kier alpha value is -1.92. The van der Waals surface area contributed by atoms with Crippen molar-refractivity contribution in [2.24, 2.45) is 5.92 Å². The topological polar surface area (TPSA) is 41.6 Å². The third-order valence-corrected chi connectivity index (χ3v) is 5.17. The summed E-state index contributed by atoms with van der Waals surface area (Å²) in [7, 11) is 0. The highest BCUT2D eigenvalue weighted by Gasteiger charge is 2.22. The van der Waals surface area contributed by atoms with E-state index in [-0.39, 0.29) is 11.7 Å². The number of thiophene rings is 1. The van der Waals surface area contributed by atoms with Crippen molar-refractivity contribution < 1.29 is 13.9 Å². The van der Waals surface area contributed by atoms with E-state index in [2.05, 4.69) is 10.2 Å². The fraction of sp³-hybridized carbons (Fsp3) is 0.421. The van der Waals surface area contributed by atoms with E-state index in [4.69, 9.17) is 4.74 Å². The molecule has 134 valence electrons. The van der Waals surface area contributed by atoms with Crippen molar-refractivity contribution in [3.05, 3.63) is 52.5 Å². The average molecular weight is 362 g/mol. The number of nitrogens with one attached hydrogen (secondary N) is 1. The van der Waals surface area contributed by atoms with Gasteiger partial charge < -0.3 is 10.1 Å². The lowest BCUT2D eigenvalue weighted by Gasteiger charge is -2.32. The van der Waals surface area contributed by atoms with Crippen LogP contribution < -0.4 is 10.1 Å². The van der Waals surface area contributed by atoms with Gasteiger partial charge in [0.2, 0.25) is 5.91 Å². The summed E-state index contributed by atoms with van der Waals surface area (Å²) in [5.41, 5.74) is 0. The molecular weight excluding hydrogens is 339 g/mol. The SMILES string of the molecule is O=C(CN1CCC[C@@H](COc2cccc(F)c2)C1)NCc1cccs1. The minimum atomic E-state index is -0.287. The molecule has 1 aromatic carbocycles. The number of hydrogen-bond acceptors (Lipinski definition) is 4. The molecule has 0 saturated carbocycles. The lowest BCUT2D eigenvalue weighted by molar-refractivity contribution is -0.122. The predicted octanol–water partition coefficient (Wildman–Crippen LogP) is 3.29. The highest BCUT2D eigenvalue weighted by Crippen LogP contribution is 2.19. The Labute approximate surface area is 151 Å². The molecule has 1 atom stereocenters. The maximum Gasteiger partial charge on any atom is 0.234 e. The first-order chi connectivity index (χ1) is 12.2. The number of piperidine rings is 1. The molecule has 3 rings (SSSR count). The molecule has 6 heteroatoms. The number of hydrogen-bond donors (Lipinski definition) is 1. The molecule has 1 amide bonds. The van der Waals surface area contributed by atoms with Gasteiger partial charge in [0.25, 0.3) is 0 Å². The minimum Gasteiger partial charge on any atom is -0.493 e. The number of nitrogens with zero attached hydrogens (tertiary/aromatic N) is 1. The Bertz CT molecular complexity index is 678. The molecule has 1 N–H and O–H groups in total.